The van der Waals surface area contributed by atoms with Gasteiger partial charge in [0.1, 0.15) is 5.82 Å². The normalized spacial score (nSPS) is 10.8. The van der Waals surface area contributed by atoms with Crippen LogP contribution in [-0.2, 0) is 0 Å². The van der Waals surface area contributed by atoms with E-state index < -0.39 is 0 Å². The molecule has 0 fully saturated rings. The van der Waals surface area contributed by atoms with Crippen molar-refractivity contribution in [2.75, 3.05) is 5.84 Å². The van der Waals surface area contributed by atoms with Crippen LogP contribution >= 0.6 is 0 Å². The molecule has 0 unspecified atom stereocenters. The predicted molar refractivity (Wildman–Crippen MR) is 37.1 cm³/mol. The number of nitrogens with zero attached hydrogens (tertiary/aromatic N) is 2. The van der Waals surface area contributed by atoms with Gasteiger partial charge in [0.05, 0.1) is 0 Å². The van der Waals surface area contributed by atoms with Crippen LogP contribution in [0.3, 0.4) is 0 Å². The van der Waals surface area contributed by atoms with Gasteiger partial charge in [-0.05, 0) is 13.0 Å². The molecule has 0 saturated carbocycles. The quantitative estimate of drug-likeness (QED) is 0.556. The maximum absolute atomic E-state index is 5.43. The van der Waals surface area contributed by atoms with Gasteiger partial charge in [-0.2, -0.15) is 0 Å². The third-order valence-corrected chi connectivity index (χ3v) is 1.01. The van der Waals surface area contributed by atoms with Crippen molar-refractivity contribution in [2.45, 2.75) is 6.92 Å². The standard InChI is InChI=1S/C6H9N3/c1-2-3-6-8-4-5-9(6)7/h2-5H,7H2,1H3/b3-2-. The smallest absolute Gasteiger partial charge is 0.150 e. The molecule has 3 heteroatoms. The Morgan fingerprint density at radius 3 is 3.00 bits per heavy atom. The number of hydrogen-bond acceptors (Lipinski definition) is 2. The van der Waals surface area contributed by atoms with Gasteiger partial charge in [0.2, 0.25) is 0 Å². The minimum absolute atomic E-state index is 0.775. The molecule has 1 aromatic heterocycles. The molecule has 0 aliphatic heterocycles. The van der Waals surface area contributed by atoms with E-state index >= 15 is 0 Å². The van der Waals surface area contributed by atoms with Gasteiger partial charge in [-0.3, -0.25) is 4.68 Å². The van der Waals surface area contributed by atoms with Crippen molar-refractivity contribution in [1.29, 1.82) is 0 Å². The Labute approximate surface area is 53.8 Å². The van der Waals surface area contributed by atoms with Crippen LogP contribution in [0.1, 0.15) is 12.7 Å². The van der Waals surface area contributed by atoms with Crippen molar-refractivity contribution in [1.82, 2.24) is 9.66 Å². The largest absolute Gasteiger partial charge is 0.338 e. The first-order valence-electron chi connectivity index (χ1n) is 2.75. The first-order valence-corrected chi connectivity index (χ1v) is 2.75. The minimum Gasteiger partial charge on any atom is -0.338 e. The van der Waals surface area contributed by atoms with E-state index in [0.717, 1.165) is 5.82 Å². The summed E-state index contributed by atoms with van der Waals surface area (Å²) in [6.07, 6.45) is 7.11. The number of allylic oxidation sites excluding steroid dienone is 1. The molecule has 9 heavy (non-hydrogen) atoms. The van der Waals surface area contributed by atoms with E-state index in [9.17, 15) is 0 Å². The number of nitrogen functional groups attached to an aromatic ring is 1. The molecule has 0 aliphatic rings. The zero-order valence-electron chi connectivity index (χ0n) is 5.28. The summed E-state index contributed by atoms with van der Waals surface area (Å²) in [5.74, 6) is 6.20. The van der Waals surface area contributed by atoms with Crippen molar-refractivity contribution in [3.05, 3.63) is 24.3 Å². The van der Waals surface area contributed by atoms with Crippen LogP contribution in [0, 0.1) is 0 Å². The van der Waals surface area contributed by atoms with Gasteiger partial charge in [0.25, 0.3) is 0 Å². The van der Waals surface area contributed by atoms with E-state index in [1.54, 1.807) is 12.4 Å². The van der Waals surface area contributed by atoms with E-state index in [2.05, 4.69) is 4.98 Å². The van der Waals surface area contributed by atoms with Gasteiger partial charge in [0.15, 0.2) is 0 Å². The highest BCUT2D eigenvalue weighted by Crippen LogP contribution is 1.93. The van der Waals surface area contributed by atoms with Crippen molar-refractivity contribution >= 4 is 6.08 Å². The van der Waals surface area contributed by atoms with E-state index in [4.69, 9.17) is 5.84 Å². The van der Waals surface area contributed by atoms with E-state index in [1.807, 2.05) is 19.1 Å². The highest BCUT2D eigenvalue weighted by Gasteiger charge is 1.89. The van der Waals surface area contributed by atoms with Crippen molar-refractivity contribution in [3.8, 4) is 0 Å². The first kappa shape index (κ1) is 5.88. The zero-order valence-corrected chi connectivity index (χ0v) is 5.28. The molecule has 0 aromatic carbocycles. The minimum atomic E-state index is 0.775. The van der Waals surface area contributed by atoms with Crippen LogP contribution in [0.4, 0.5) is 0 Å². The highest BCUT2D eigenvalue weighted by atomic mass is 15.3. The average Bonchev–Trinajstić information content (AvgIpc) is 2.18. The Kier molecular flexibility index (Phi) is 1.53. The first-order chi connectivity index (χ1) is 4.34. The second kappa shape index (κ2) is 2.35. The Balaban J connectivity index is 2.94. The maximum atomic E-state index is 5.43. The van der Waals surface area contributed by atoms with Crippen LogP contribution in [-0.4, -0.2) is 9.66 Å². The van der Waals surface area contributed by atoms with Crippen LogP contribution in [0.5, 0.6) is 0 Å². The molecule has 0 aliphatic carbocycles. The molecule has 0 radical (unpaired) electrons. The molecular formula is C6H9N3. The number of imidazole rings is 1. The third-order valence-electron chi connectivity index (χ3n) is 1.01. The summed E-state index contributed by atoms with van der Waals surface area (Å²) in [7, 11) is 0. The molecule has 0 atom stereocenters. The number of rotatable bonds is 1. The molecule has 0 saturated heterocycles. The molecule has 1 heterocycles. The molecule has 1 rings (SSSR count). The van der Waals surface area contributed by atoms with Crippen molar-refractivity contribution in [2.24, 2.45) is 0 Å². The number of hydrogen-bond donors (Lipinski definition) is 1. The Hall–Kier alpha value is -1.25. The van der Waals surface area contributed by atoms with Gasteiger partial charge in [-0.1, -0.05) is 6.08 Å². The van der Waals surface area contributed by atoms with Gasteiger partial charge in [0, 0.05) is 12.4 Å². The molecule has 0 spiro atoms. The highest BCUT2D eigenvalue weighted by molar-refractivity contribution is 5.39. The summed E-state index contributed by atoms with van der Waals surface area (Å²) in [5.41, 5.74) is 0. The summed E-state index contributed by atoms with van der Waals surface area (Å²) in [6, 6.07) is 0. The molecular weight excluding hydrogens is 114 g/mol. The lowest BCUT2D eigenvalue weighted by molar-refractivity contribution is 0.979. The molecule has 48 valence electrons. The molecule has 3 nitrogen and oxygen atoms in total. The molecule has 0 amide bonds. The molecule has 1 aromatic rings. The Morgan fingerprint density at radius 2 is 2.56 bits per heavy atom. The van der Waals surface area contributed by atoms with Crippen molar-refractivity contribution < 1.29 is 0 Å². The number of nitrogens with two attached hydrogens (primary N) is 1. The summed E-state index contributed by atoms with van der Waals surface area (Å²) < 4.78 is 1.47. The lowest BCUT2D eigenvalue weighted by Gasteiger charge is -1.90. The lowest BCUT2D eigenvalue weighted by Crippen LogP contribution is -2.07. The maximum Gasteiger partial charge on any atom is 0.150 e. The topological polar surface area (TPSA) is 43.8 Å². The summed E-state index contributed by atoms with van der Waals surface area (Å²) in [5, 5.41) is 0. The summed E-state index contributed by atoms with van der Waals surface area (Å²) in [6.45, 7) is 1.93. The molecule has 2 N–H and O–H groups in total. The van der Waals surface area contributed by atoms with Gasteiger partial charge in [-0.15, -0.1) is 0 Å². The third kappa shape index (κ3) is 1.10. The number of aromatic nitrogens is 2. The second-order valence-electron chi connectivity index (χ2n) is 1.69. The van der Waals surface area contributed by atoms with Crippen LogP contribution in [0.15, 0.2) is 18.5 Å². The Bertz CT molecular complexity index is 212. The monoisotopic (exact) mass is 123 g/mol. The van der Waals surface area contributed by atoms with E-state index in [1.165, 1.54) is 4.68 Å². The van der Waals surface area contributed by atoms with Crippen LogP contribution in [0.25, 0.3) is 6.08 Å². The Morgan fingerprint density at radius 1 is 1.78 bits per heavy atom. The fraction of sp³-hybridized carbons (Fsp3) is 0.167. The van der Waals surface area contributed by atoms with Crippen molar-refractivity contribution in [3.63, 3.8) is 0 Å². The SMILES string of the molecule is C/C=C\c1nccn1N. The average molecular weight is 123 g/mol. The van der Waals surface area contributed by atoms with Gasteiger partial charge < -0.3 is 5.84 Å². The van der Waals surface area contributed by atoms with Gasteiger partial charge >= 0.3 is 0 Å². The molecule has 0 bridgehead atoms. The van der Waals surface area contributed by atoms with Crippen LogP contribution in [0.2, 0.25) is 0 Å². The summed E-state index contributed by atoms with van der Waals surface area (Å²) >= 11 is 0. The predicted octanol–water partition coefficient (Wildman–Crippen LogP) is 0.630. The zero-order chi connectivity index (χ0) is 6.69. The fourth-order valence-corrected chi connectivity index (χ4v) is 0.603. The lowest BCUT2D eigenvalue weighted by atomic mass is 10.5. The van der Waals surface area contributed by atoms with Gasteiger partial charge in [-0.25, -0.2) is 4.98 Å². The second-order valence-corrected chi connectivity index (χ2v) is 1.69. The summed E-state index contributed by atoms with van der Waals surface area (Å²) in [4.78, 5) is 3.96. The van der Waals surface area contributed by atoms with Crippen LogP contribution < -0.4 is 5.84 Å². The van der Waals surface area contributed by atoms with E-state index in [0.29, 0.717) is 0 Å². The van der Waals surface area contributed by atoms with E-state index in [-0.39, 0.29) is 0 Å². The fourth-order valence-electron chi connectivity index (χ4n) is 0.603.